The van der Waals surface area contributed by atoms with Crippen LogP contribution in [0.25, 0.3) is 22.5 Å². The van der Waals surface area contributed by atoms with E-state index in [0.29, 0.717) is 113 Å². The van der Waals surface area contributed by atoms with Gasteiger partial charge in [0.25, 0.3) is 0 Å². The van der Waals surface area contributed by atoms with Crippen molar-refractivity contribution >= 4 is 60.3 Å². The Kier molecular flexibility index (Phi) is 30.3. The summed E-state index contributed by atoms with van der Waals surface area (Å²) in [6, 6.07) is 18.4. The molecule has 0 radical (unpaired) electrons. The predicted octanol–water partition coefficient (Wildman–Crippen LogP) is 13.2. The second-order valence-corrected chi connectivity index (χ2v) is 42.0. The van der Waals surface area contributed by atoms with E-state index in [1.807, 2.05) is 56.7 Å². The van der Waals surface area contributed by atoms with E-state index in [1.54, 1.807) is 79.9 Å². The van der Waals surface area contributed by atoms with Gasteiger partial charge >= 0.3 is 0 Å². The fraction of sp³-hybridized carbons (Fsp3) is 0.556. The van der Waals surface area contributed by atoms with E-state index in [2.05, 4.69) is 89.6 Å². The third-order valence-corrected chi connectivity index (χ3v) is 20.7. The van der Waals surface area contributed by atoms with Crippen LogP contribution in [0.15, 0.2) is 122 Å². The summed E-state index contributed by atoms with van der Waals surface area (Å²) in [5.74, 6) is -1.80. The average molecular weight is 1420 g/mol. The Labute approximate surface area is 555 Å². The van der Waals surface area contributed by atoms with Gasteiger partial charge in [0.05, 0.1) is 103 Å². The number of H-pyrrole nitrogens is 1. The zero-order valence-corrected chi connectivity index (χ0v) is 60.3. The molecule has 0 aliphatic carbocycles. The Bertz CT molecular complexity index is 3290. The van der Waals surface area contributed by atoms with E-state index in [4.69, 9.17) is 51.9 Å². The molecule has 0 amide bonds. The SMILES string of the molecule is Brc1cnc[nH]1.CC(C)(C)[S@@](=O)N=CCOCCCC1(c2ccon2)OCCO1.CC(C)(C)[S@@](=O)N[C@@H](COCCCC1(c2ccon2)OCCO1)c1ncc(-c2ccccc2F)n1COCC[Si](C)(C)C.C[Si](C)(C)CCOCn1cncc1-c1ccccc1F. The lowest BCUT2D eigenvalue weighted by molar-refractivity contribution is -0.177. The van der Waals surface area contributed by atoms with E-state index in [-0.39, 0.29) is 29.7 Å². The van der Waals surface area contributed by atoms with Crippen molar-refractivity contribution in [2.45, 2.75) is 159 Å². The molecule has 92 heavy (non-hydrogen) atoms. The van der Waals surface area contributed by atoms with Gasteiger partial charge in [0.1, 0.15) is 76.5 Å². The molecule has 3 atom stereocenters. The Hall–Kier alpha value is -5.13. The summed E-state index contributed by atoms with van der Waals surface area (Å²) in [5, 5.41) is 7.94. The van der Waals surface area contributed by atoms with Gasteiger partial charge in [0, 0.05) is 84.9 Å². The second-order valence-electron chi connectivity index (χ2n) is 26.0. The molecule has 2 N–H and O–H groups in total. The molecule has 5 aromatic heterocycles. The monoisotopic (exact) mass is 1420 g/mol. The van der Waals surface area contributed by atoms with Gasteiger partial charge in [-0.15, -0.1) is 0 Å². The predicted molar refractivity (Wildman–Crippen MR) is 360 cm³/mol. The van der Waals surface area contributed by atoms with Gasteiger partial charge in [0.2, 0.25) is 11.6 Å². The van der Waals surface area contributed by atoms with Gasteiger partial charge in [-0.1, -0.05) is 73.9 Å². The van der Waals surface area contributed by atoms with Crippen LogP contribution in [0.1, 0.15) is 90.5 Å². The fourth-order valence-electron chi connectivity index (χ4n) is 8.76. The maximum absolute atomic E-state index is 14.9. The summed E-state index contributed by atoms with van der Waals surface area (Å²) >= 11 is 3.16. The summed E-state index contributed by atoms with van der Waals surface area (Å²) in [6.07, 6.45) is 15.4. The highest BCUT2D eigenvalue weighted by Gasteiger charge is 2.42. The number of ether oxygens (including phenoxy) is 8. The third kappa shape index (κ3) is 24.9. The number of hydrogen-bond donors (Lipinski definition) is 2. The Morgan fingerprint density at radius 3 is 1.70 bits per heavy atom. The van der Waals surface area contributed by atoms with Crippen LogP contribution in [0, 0.1) is 11.6 Å². The van der Waals surface area contributed by atoms with Crippen molar-refractivity contribution < 1.29 is 64.1 Å². The van der Waals surface area contributed by atoms with Crippen LogP contribution in [0.2, 0.25) is 51.4 Å². The van der Waals surface area contributed by atoms with Crippen molar-refractivity contribution in [2.24, 2.45) is 4.40 Å². The molecule has 0 saturated carbocycles. The molecule has 0 bridgehead atoms. The fourth-order valence-corrected chi connectivity index (χ4v) is 11.8. The Morgan fingerprint density at radius 2 is 1.23 bits per heavy atom. The zero-order valence-electron chi connectivity index (χ0n) is 55.1. The first-order valence-corrected chi connectivity index (χ1v) is 41.2. The first-order chi connectivity index (χ1) is 43.7. The number of benzene rings is 2. The Balaban J connectivity index is 0.000000228. The molecular weight excluding hydrogens is 1330 g/mol. The van der Waals surface area contributed by atoms with Crippen LogP contribution in [0.4, 0.5) is 8.78 Å². The summed E-state index contributed by atoms with van der Waals surface area (Å²) in [7, 11) is -5.05. The maximum Gasteiger partial charge on any atom is 0.215 e. The number of nitrogens with zero attached hydrogens (tertiary/aromatic N) is 8. The van der Waals surface area contributed by atoms with Gasteiger partial charge in [-0.3, -0.25) is 0 Å². The van der Waals surface area contributed by atoms with Gasteiger partial charge in [0.15, 0.2) is 0 Å². The first kappa shape index (κ1) is 75.9. The van der Waals surface area contributed by atoms with Crippen molar-refractivity contribution in [3.05, 3.63) is 138 Å². The highest BCUT2D eigenvalue weighted by atomic mass is 79.9. The smallest absolute Gasteiger partial charge is 0.215 e. The highest BCUT2D eigenvalue weighted by Crippen LogP contribution is 2.37. The molecule has 2 fully saturated rings. The van der Waals surface area contributed by atoms with Crippen molar-refractivity contribution in [3.8, 4) is 22.5 Å². The van der Waals surface area contributed by atoms with E-state index in [9.17, 15) is 17.2 Å². The van der Waals surface area contributed by atoms with Crippen LogP contribution in [0.5, 0.6) is 0 Å². The van der Waals surface area contributed by atoms with E-state index < -0.39 is 60.5 Å². The van der Waals surface area contributed by atoms with Gasteiger partial charge in [-0.25, -0.2) is 36.9 Å². The van der Waals surface area contributed by atoms with Crippen molar-refractivity contribution in [3.63, 3.8) is 0 Å². The minimum Gasteiger partial charge on any atom is -0.379 e. The minimum absolute atomic E-state index is 0.179. The normalized spacial score (nSPS) is 15.9. The first-order valence-electron chi connectivity index (χ1n) is 30.7. The molecule has 508 valence electrons. The third-order valence-electron chi connectivity index (χ3n) is 13.8. The summed E-state index contributed by atoms with van der Waals surface area (Å²) < 4.78 is 121. The molecule has 7 heterocycles. The minimum atomic E-state index is -1.42. The molecule has 2 aliphatic rings. The summed E-state index contributed by atoms with van der Waals surface area (Å²) in [5.41, 5.74) is 3.55. The summed E-state index contributed by atoms with van der Waals surface area (Å²) in [6.45, 7) is 30.6. The van der Waals surface area contributed by atoms with E-state index >= 15 is 0 Å². The number of nitrogens with one attached hydrogen (secondary N) is 2. The van der Waals surface area contributed by atoms with Crippen LogP contribution < -0.4 is 4.72 Å². The molecule has 2 aliphatic heterocycles. The zero-order chi connectivity index (χ0) is 66.8. The van der Waals surface area contributed by atoms with Crippen LogP contribution in [-0.2, 0) is 84.9 Å². The molecule has 9 rings (SSSR count). The number of hydrogen-bond acceptors (Lipinski definition) is 17. The lowest BCUT2D eigenvalue weighted by atomic mass is 10.1. The largest absolute Gasteiger partial charge is 0.379 e. The van der Waals surface area contributed by atoms with Gasteiger partial charge in [-0.05, 0) is 107 Å². The van der Waals surface area contributed by atoms with Crippen molar-refractivity contribution in [1.82, 2.24) is 44.1 Å². The average Bonchev–Trinajstić information content (AvgIpc) is 1.71. The number of imidazole rings is 3. The highest BCUT2D eigenvalue weighted by molar-refractivity contribution is 9.10. The summed E-state index contributed by atoms with van der Waals surface area (Å²) in [4.78, 5) is 15.3. The molecule has 7 aromatic rings. The number of rotatable bonds is 30. The van der Waals surface area contributed by atoms with Crippen molar-refractivity contribution in [1.29, 1.82) is 0 Å². The molecule has 2 saturated heterocycles. The molecular formula is C63H93BrF2N10O12S2Si2. The quantitative estimate of drug-likeness (QED) is 0.0241. The number of aromatic amines is 1. The molecule has 22 nitrogen and oxygen atoms in total. The topological polar surface area (TPSA) is 249 Å². The second kappa shape index (κ2) is 36.7. The van der Waals surface area contributed by atoms with Crippen LogP contribution in [0.3, 0.4) is 0 Å². The van der Waals surface area contributed by atoms with Crippen molar-refractivity contribution in [2.75, 3.05) is 66.1 Å². The lowest BCUT2D eigenvalue weighted by Crippen LogP contribution is -2.38. The molecule has 2 aromatic carbocycles. The number of aromatic nitrogens is 8. The Morgan fingerprint density at radius 1 is 0.696 bits per heavy atom. The van der Waals surface area contributed by atoms with Gasteiger partial charge in [-0.2, -0.15) is 4.40 Å². The maximum atomic E-state index is 14.9. The van der Waals surface area contributed by atoms with Crippen LogP contribution >= 0.6 is 15.9 Å². The van der Waals surface area contributed by atoms with Crippen LogP contribution in [-0.4, -0.2) is 146 Å². The molecule has 29 heteroatoms. The standard InChI is InChI=1S/C30H45FN4O6SSi.C15H21FN2OSi.C15H24N2O5S.C3H3BrN2/c1-29(2,3)42(36)34-25(21-37-14-9-13-30(39-16-17-40-30)27-12-15-41-33-27)28-32-20-26(23-10-7-8-11-24(23)31)35(28)22-38-18-19-43(4,5)6;1-20(2,3)9-8-19-12-18-11-17-10-15(18)13-6-4-5-7-14(13)16;1-14(2,3)23(18)16-7-10-19-8-4-6-15(20-11-12-21-15)13-5-9-22-17-13;4-3-1-5-2-6-3/h7-8,10-12,15,20,25,34H,9,13-14,16-19,21-22H2,1-6H3;4-7,10-11H,8-9,12H2,1-3H3;5,7,9H,4,6,8,10-12H2,1-3H3;1-2H,(H,5,6)/t25-,42+;;23-;/m0.1./s1. The van der Waals surface area contributed by atoms with E-state index in [0.717, 1.165) is 35.4 Å². The molecule has 0 spiro atoms. The molecule has 0 unspecified atom stereocenters. The number of halogens is 3. The van der Waals surface area contributed by atoms with Gasteiger partial charge < -0.3 is 61.1 Å². The van der Waals surface area contributed by atoms with E-state index in [1.165, 1.54) is 24.7 Å². The lowest BCUT2D eigenvalue weighted by Gasteiger charge is -2.26.